The van der Waals surface area contributed by atoms with E-state index in [0.29, 0.717) is 17.1 Å². The molecule has 0 bridgehead atoms. The van der Waals surface area contributed by atoms with Crippen LogP contribution >= 0.6 is 11.6 Å². The largest absolute Gasteiger partial charge is 0.507 e. The minimum atomic E-state index is -0.203. The fourth-order valence-electron chi connectivity index (χ4n) is 1.54. The fraction of sp³-hybridized carbons (Fsp3) is 0.455. The van der Waals surface area contributed by atoms with Crippen LogP contribution in [-0.2, 0) is 0 Å². The predicted octanol–water partition coefficient (Wildman–Crippen LogP) is 2.09. The van der Waals surface area contributed by atoms with E-state index in [1.165, 1.54) is 0 Å². The van der Waals surface area contributed by atoms with Gasteiger partial charge in [0.2, 0.25) is 0 Å². The molecule has 84 valence electrons. The Morgan fingerprint density at radius 1 is 1.47 bits per heavy atom. The molecule has 15 heavy (non-hydrogen) atoms. The molecule has 0 saturated carbocycles. The first kappa shape index (κ1) is 12.3. The van der Waals surface area contributed by atoms with E-state index in [2.05, 4.69) is 0 Å². The molecule has 0 amide bonds. The van der Waals surface area contributed by atoms with Gasteiger partial charge in [-0.05, 0) is 44.0 Å². The summed E-state index contributed by atoms with van der Waals surface area (Å²) in [6.07, 6.45) is 1.59. The molecule has 4 heteroatoms. The minimum absolute atomic E-state index is 0.203. The van der Waals surface area contributed by atoms with Gasteiger partial charge in [-0.1, -0.05) is 11.6 Å². The highest BCUT2D eigenvalue weighted by atomic mass is 35.5. The van der Waals surface area contributed by atoms with Crippen LogP contribution in [-0.4, -0.2) is 11.7 Å². The molecule has 0 fully saturated rings. The van der Waals surface area contributed by atoms with Gasteiger partial charge in [0.15, 0.2) is 0 Å². The molecule has 0 heterocycles. The molecule has 5 N–H and O–H groups in total. The number of hydrogen-bond donors (Lipinski definition) is 3. The van der Waals surface area contributed by atoms with Crippen molar-refractivity contribution in [2.45, 2.75) is 25.8 Å². The van der Waals surface area contributed by atoms with Crippen molar-refractivity contribution in [2.24, 2.45) is 11.5 Å². The second-order valence-corrected chi connectivity index (χ2v) is 4.13. The number of aryl methyl sites for hydroxylation is 1. The van der Waals surface area contributed by atoms with Crippen LogP contribution in [0.3, 0.4) is 0 Å². The van der Waals surface area contributed by atoms with E-state index in [-0.39, 0.29) is 11.8 Å². The Hall–Kier alpha value is -0.770. The fourth-order valence-corrected chi connectivity index (χ4v) is 1.82. The minimum Gasteiger partial charge on any atom is -0.507 e. The summed E-state index contributed by atoms with van der Waals surface area (Å²) in [5.74, 6) is 0.240. The Morgan fingerprint density at radius 2 is 2.13 bits per heavy atom. The van der Waals surface area contributed by atoms with Crippen molar-refractivity contribution < 1.29 is 5.11 Å². The molecule has 0 aliphatic carbocycles. The number of phenolic OH excluding ortho intramolecular Hbond substituents is 1. The molecule has 1 rings (SSSR count). The lowest BCUT2D eigenvalue weighted by Crippen LogP contribution is -2.13. The van der Waals surface area contributed by atoms with Crippen molar-refractivity contribution >= 4 is 11.6 Å². The van der Waals surface area contributed by atoms with Crippen LogP contribution in [0.15, 0.2) is 12.1 Å². The van der Waals surface area contributed by atoms with Gasteiger partial charge in [0.1, 0.15) is 5.75 Å². The summed E-state index contributed by atoms with van der Waals surface area (Å²) in [5.41, 5.74) is 12.8. The lowest BCUT2D eigenvalue weighted by molar-refractivity contribution is 0.453. The van der Waals surface area contributed by atoms with Crippen molar-refractivity contribution in [3.8, 4) is 5.75 Å². The Bertz CT molecular complexity index is 342. The molecule has 1 aromatic rings. The second-order valence-electron chi connectivity index (χ2n) is 3.70. The zero-order valence-electron chi connectivity index (χ0n) is 8.83. The lowest BCUT2D eigenvalue weighted by Gasteiger charge is -2.15. The quantitative estimate of drug-likeness (QED) is 0.739. The van der Waals surface area contributed by atoms with E-state index in [9.17, 15) is 5.11 Å². The summed E-state index contributed by atoms with van der Waals surface area (Å²) in [6, 6.07) is 3.23. The molecule has 0 spiro atoms. The summed E-state index contributed by atoms with van der Waals surface area (Å²) in [7, 11) is 0. The average molecular weight is 229 g/mol. The molecule has 1 aromatic carbocycles. The lowest BCUT2D eigenvalue weighted by atomic mass is 9.99. The highest BCUT2D eigenvalue weighted by Crippen LogP contribution is 2.31. The van der Waals surface area contributed by atoms with Crippen molar-refractivity contribution in [1.82, 2.24) is 0 Å². The maximum absolute atomic E-state index is 9.82. The van der Waals surface area contributed by atoms with Crippen molar-refractivity contribution in [1.29, 1.82) is 0 Å². The highest BCUT2D eigenvalue weighted by Gasteiger charge is 2.13. The van der Waals surface area contributed by atoms with Crippen LogP contribution in [0.5, 0.6) is 5.75 Å². The van der Waals surface area contributed by atoms with Gasteiger partial charge in [0.25, 0.3) is 0 Å². The van der Waals surface area contributed by atoms with Gasteiger partial charge >= 0.3 is 0 Å². The van der Waals surface area contributed by atoms with E-state index in [4.69, 9.17) is 23.1 Å². The summed E-state index contributed by atoms with van der Waals surface area (Å²) >= 11 is 5.91. The third-order valence-electron chi connectivity index (χ3n) is 2.41. The normalized spacial score (nSPS) is 12.8. The van der Waals surface area contributed by atoms with Crippen molar-refractivity contribution in [3.63, 3.8) is 0 Å². The molecule has 0 aliphatic heterocycles. The number of nitrogens with two attached hydrogens (primary N) is 2. The highest BCUT2D eigenvalue weighted by molar-refractivity contribution is 6.30. The first-order chi connectivity index (χ1) is 7.06. The van der Waals surface area contributed by atoms with Crippen LogP contribution < -0.4 is 11.5 Å². The number of phenols is 1. The van der Waals surface area contributed by atoms with Gasteiger partial charge in [-0.3, -0.25) is 0 Å². The molecule has 0 aromatic heterocycles. The monoisotopic (exact) mass is 228 g/mol. The smallest absolute Gasteiger partial charge is 0.123 e. The van der Waals surface area contributed by atoms with Crippen LogP contribution in [0, 0.1) is 6.92 Å². The first-order valence-electron chi connectivity index (χ1n) is 5.01. The van der Waals surface area contributed by atoms with Crippen LogP contribution in [0.25, 0.3) is 0 Å². The van der Waals surface area contributed by atoms with Crippen LogP contribution in [0.4, 0.5) is 0 Å². The topological polar surface area (TPSA) is 72.3 Å². The average Bonchev–Trinajstić information content (AvgIpc) is 2.19. The first-order valence-corrected chi connectivity index (χ1v) is 5.38. The number of halogens is 1. The molecule has 0 aliphatic rings. The van der Waals surface area contributed by atoms with Crippen LogP contribution in [0.2, 0.25) is 5.02 Å². The summed E-state index contributed by atoms with van der Waals surface area (Å²) < 4.78 is 0. The third kappa shape index (κ3) is 3.09. The molecule has 1 atom stereocenters. The van der Waals surface area contributed by atoms with E-state index >= 15 is 0 Å². The summed E-state index contributed by atoms with van der Waals surface area (Å²) in [6.45, 7) is 2.41. The Morgan fingerprint density at radius 3 is 2.73 bits per heavy atom. The zero-order valence-corrected chi connectivity index (χ0v) is 9.59. The molecule has 0 unspecified atom stereocenters. The van der Waals surface area contributed by atoms with Gasteiger partial charge in [-0.2, -0.15) is 0 Å². The number of aromatic hydroxyl groups is 1. The van der Waals surface area contributed by atoms with Crippen molar-refractivity contribution in [2.75, 3.05) is 6.54 Å². The zero-order chi connectivity index (χ0) is 11.4. The van der Waals surface area contributed by atoms with Gasteiger partial charge in [0, 0.05) is 16.6 Å². The molecule has 0 saturated heterocycles. The van der Waals surface area contributed by atoms with E-state index < -0.39 is 0 Å². The van der Waals surface area contributed by atoms with Gasteiger partial charge < -0.3 is 16.6 Å². The molecular formula is C11H17ClN2O. The van der Waals surface area contributed by atoms with E-state index in [0.717, 1.165) is 18.4 Å². The van der Waals surface area contributed by atoms with Crippen molar-refractivity contribution in [3.05, 3.63) is 28.3 Å². The SMILES string of the molecule is Cc1cc(Cl)cc([C@@H](N)CCCN)c1O. The standard InChI is InChI=1S/C11H17ClN2O/c1-7-5-8(12)6-9(11(7)15)10(14)3-2-4-13/h5-6,10,15H,2-4,13-14H2,1H3/t10-/m0/s1. The summed E-state index contributed by atoms with van der Waals surface area (Å²) in [5, 5.41) is 10.4. The number of benzene rings is 1. The maximum atomic E-state index is 9.82. The Labute approximate surface area is 95.0 Å². The van der Waals surface area contributed by atoms with E-state index in [1.807, 2.05) is 0 Å². The molecule has 0 radical (unpaired) electrons. The van der Waals surface area contributed by atoms with Gasteiger partial charge in [0.05, 0.1) is 0 Å². The van der Waals surface area contributed by atoms with Crippen LogP contribution in [0.1, 0.15) is 30.0 Å². The molecule has 3 nitrogen and oxygen atoms in total. The number of rotatable bonds is 4. The third-order valence-corrected chi connectivity index (χ3v) is 2.63. The van der Waals surface area contributed by atoms with E-state index in [1.54, 1.807) is 19.1 Å². The Balaban J connectivity index is 2.92. The van der Waals surface area contributed by atoms with Gasteiger partial charge in [-0.25, -0.2) is 0 Å². The van der Waals surface area contributed by atoms with Gasteiger partial charge in [-0.15, -0.1) is 0 Å². The summed E-state index contributed by atoms with van der Waals surface area (Å²) in [4.78, 5) is 0. The predicted molar refractivity (Wildman–Crippen MR) is 63.1 cm³/mol. The Kier molecular flexibility index (Phi) is 4.39. The maximum Gasteiger partial charge on any atom is 0.123 e. The number of hydrogen-bond acceptors (Lipinski definition) is 3. The second kappa shape index (κ2) is 5.35. The molecular weight excluding hydrogens is 212 g/mol.